The molecule has 1 aromatic rings. The minimum atomic E-state index is -0.0280. The molecule has 0 aromatic carbocycles. The minimum absolute atomic E-state index is 0.0280. The summed E-state index contributed by atoms with van der Waals surface area (Å²) < 4.78 is 5.06. The maximum atomic E-state index is 9.36. The van der Waals surface area contributed by atoms with Gasteiger partial charge in [0, 0.05) is 19.7 Å². The van der Waals surface area contributed by atoms with Gasteiger partial charge in [0.15, 0.2) is 5.82 Å². The summed E-state index contributed by atoms with van der Waals surface area (Å²) in [7, 11) is 1.61. The van der Waals surface area contributed by atoms with Crippen LogP contribution in [-0.2, 0) is 11.3 Å². The Morgan fingerprint density at radius 3 is 2.53 bits per heavy atom. The van der Waals surface area contributed by atoms with Crippen molar-refractivity contribution in [1.82, 2.24) is 9.97 Å². The van der Waals surface area contributed by atoms with Gasteiger partial charge in [0.1, 0.15) is 18.2 Å². The van der Waals surface area contributed by atoms with Crippen molar-refractivity contribution >= 4 is 11.6 Å². The Morgan fingerprint density at radius 1 is 1.32 bits per heavy atom. The summed E-state index contributed by atoms with van der Waals surface area (Å²) in [6, 6.07) is 1.81. The first-order valence-corrected chi connectivity index (χ1v) is 6.58. The number of hydrogen-bond acceptors (Lipinski definition) is 6. The molecule has 0 amide bonds. The number of aliphatic hydroxyl groups is 1. The zero-order valence-electron chi connectivity index (χ0n) is 12.1. The Kier molecular flexibility index (Phi) is 6.52. The first-order chi connectivity index (χ1) is 9.10. The van der Waals surface area contributed by atoms with Gasteiger partial charge in [-0.05, 0) is 12.8 Å². The number of methoxy groups -OCH3 is 1. The van der Waals surface area contributed by atoms with Crippen LogP contribution in [0.5, 0.6) is 0 Å². The van der Waals surface area contributed by atoms with Gasteiger partial charge < -0.3 is 20.5 Å². The van der Waals surface area contributed by atoms with Crippen LogP contribution in [0.2, 0.25) is 0 Å². The highest BCUT2D eigenvalue weighted by atomic mass is 16.5. The van der Waals surface area contributed by atoms with E-state index in [1.165, 1.54) is 0 Å². The average molecular weight is 268 g/mol. The SMILES string of the molecule is CCNc1cc(N[C@H](CO)C(C)C)nc(COC)n1. The summed E-state index contributed by atoms with van der Waals surface area (Å²) in [5.74, 6) is 2.38. The molecule has 1 heterocycles. The molecule has 0 unspecified atom stereocenters. The lowest BCUT2D eigenvalue weighted by atomic mass is 10.1. The van der Waals surface area contributed by atoms with Crippen LogP contribution in [0.25, 0.3) is 0 Å². The topological polar surface area (TPSA) is 79.3 Å². The molecule has 6 nitrogen and oxygen atoms in total. The number of nitrogens with zero attached hydrogens (tertiary/aromatic N) is 2. The van der Waals surface area contributed by atoms with Gasteiger partial charge in [0.2, 0.25) is 0 Å². The lowest BCUT2D eigenvalue weighted by molar-refractivity contribution is 0.178. The van der Waals surface area contributed by atoms with Gasteiger partial charge in [-0.15, -0.1) is 0 Å². The molecule has 108 valence electrons. The monoisotopic (exact) mass is 268 g/mol. The van der Waals surface area contributed by atoms with Crippen molar-refractivity contribution in [3.05, 3.63) is 11.9 Å². The number of hydrogen-bond donors (Lipinski definition) is 3. The van der Waals surface area contributed by atoms with E-state index in [-0.39, 0.29) is 12.6 Å². The molecule has 1 atom stereocenters. The maximum absolute atomic E-state index is 9.36. The molecule has 0 bridgehead atoms. The van der Waals surface area contributed by atoms with Gasteiger partial charge in [-0.3, -0.25) is 0 Å². The van der Waals surface area contributed by atoms with Gasteiger partial charge in [-0.2, -0.15) is 0 Å². The predicted octanol–water partition coefficient (Wildman–Crippen LogP) is 1.48. The summed E-state index contributed by atoms with van der Waals surface area (Å²) >= 11 is 0. The number of rotatable bonds is 8. The van der Waals surface area contributed by atoms with E-state index in [0.717, 1.165) is 12.4 Å². The Morgan fingerprint density at radius 2 is 2.00 bits per heavy atom. The summed E-state index contributed by atoms with van der Waals surface area (Å²) in [5, 5.41) is 15.7. The van der Waals surface area contributed by atoms with Crippen LogP contribution >= 0.6 is 0 Å². The molecule has 1 aromatic heterocycles. The summed E-state index contributed by atoms with van der Waals surface area (Å²) in [4.78, 5) is 8.72. The lowest BCUT2D eigenvalue weighted by Crippen LogP contribution is -2.30. The van der Waals surface area contributed by atoms with E-state index in [0.29, 0.717) is 24.2 Å². The van der Waals surface area contributed by atoms with E-state index in [1.807, 2.05) is 13.0 Å². The first kappa shape index (κ1) is 15.7. The van der Waals surface area contributed by atoms with Crippen LogP contribution in [0, 0.1) is 5.92 Å². The molecule has 0 radical (unpaired) electrons. The smallest absolute Gasteiger partial charge is 0.158 e. The quantitative estimate of drug-likeness (QED) is 0.663. The van der Waals surface area contributed by atoms with Crippen LogP contribution in [-0.4, -0.2) is 41.4 Å². The zero-order chi connectivity index (χ0) is 14.3. The minimum Gasteiger partial charge on any atom is -0.394 e. The zero-order valence-corrected chi connectivity index (χ0v) is 12.1. The number of nitrogens with one attached hydrogen (secondary N) is 2. The van der Waals surface area contributed by atoms with Crippen molar-refractivity contribution < 1.29 is 9.84 Å². The molecule has 1 rings (SSSR count). The van der Waals surface area contributed by atoms with E-state index < -0.39 is 0 Å². The first-order valence-electron chi connectivity index (χ1n) is 6.58. The third-order valence-electron chi connectivity index (χ3n) is 2.74. The van der Waals surface area contributed by atoms with Crippen molar-refractivity contribution in [2.24, 2.45) is 5.92 Å². The van der Waals surface area contributed by atoms with Crippen molar-refractivity contribution in [1.29, 1.82) is 0 Å². The molecule has 6 heteroatoms. The van der Waals surface area contributed by atoms with Gasteiger partial charge in [0.05, 0.1) is 12.6 Å². The molecule has 0 aliphatic carbocycles. The molecule has 0 fully saturated rings. The van der Waals surface area contributed by atoms with Crippen molar-refractivity contribution in [3.8, 4) is 0 Å². The van der Waals surface area contributed by atoms with Crippen LogP contribution in [0.3, 0.4) is 0 Å². The van der Waals surface area contributed by atoms with Gasteiger partial charge in [-0.25, -0.2) is 9.97 Å². The highest BCUT2D eigenvalue weighted by Gasteiger charge is 2.13. The number of aromatic nitrogens is 2. The Bertz CT molecular complexity index is 361. The van der Waals surface area contributed by atoms with Crippen LogP contribution < -0.4 is 10.6 Å². The van der Waals surface area contributed by atoms with E-state index in [4.69, 9.17) is 4.74 Å². The van der Waals surface area contributed by atoms with E-state index >= 15 is 0 Å². The number of aliphatic hydroxyl groups excluding tert-OH is 1. The molecule has 0 aliphatic heterocycles. The fourth-order valence-corrected chi connectivity index (χ4v) is 1.65. The molecule has 0 aliphatic rings. The fraction of sp³-hybridized carbons (Fsp3) is 0.692. The second-order valence-electron chi connectivity index (χ2n) is 4.70. The highest BCUT2D eigenvalue weighted by Crippen LogP contribution is 2.15. The molecular weight excluding hydrogens is 244 g/mol. The summed E-state index contributed by atoms with van der Waals surface area (Å²) in [6.07, 6.45) is 0. The number of anilines is 2. The van der Waals surface area contributed by atoms with E-state index in [1.54, 1.807) is 7.11 Å². The molecule has 0 saturated heterocycles. The van der Waals surface area contributed by atoms with Gasteiger partial charge >= 0.3 is 0 Å². The second-order valence-corrected chi connectivity index (χ2v) is 4.70. The fourth-order valence-electron chi connectivity index (χ4n) is 1.65. The van der Waals surface area contributed by atoms with Crippen LogP contribution in [0.1, 0.15) is 26.6 Å². The Labute approximate surface area is 114 Å². The van der Waals surface area contributed by atoms with Gasteiger partial charge in [0.25, 0.3) is 0 Å². The number of ether oxygens (including phenoxy) is 1. The van der Waals surface area contributed by atoms with E-state index in [9.17, 15) is 5.11 Å². The van der Waals surface area contributed by atoms with Crippen molar-refractivity contribution in [3.63, 3.8) is 0 Å². The standard InChI is InChI=1S/C13H24N4O2/c1-5-14-11-6-12(15-10(7-18)9(2)3)17-13(16-11)8-19-4/h6,9-10,18H,5,7-8H2,1-4H3,(H2,14,15,16,17)/t10-/m1/s1. The van der Waals surface area contributed by atoms with Crippen LogP contribution in [0.4, 0.5) is 11.6 Å². The third-order valence-corrected chi connectivity index (χ3v) is 2.74. The third kappa shape index (κ3) is 5.00. The predicted molar refractivity (Wildman–Crippen MR) is 76.2 cm³/mol. The summed E-state index contributed by atoms with van der Waals surface area (Å²) in [5.41, 5.74) is 0. The lowest BCUT2D eigenvalue weighted by Gasteiger charge is -2.21. The van der Waals surface area contributed by atoms with Crippen LogP contribution in [0.15, 0.2) is 6.07 Å². The molecule has 0 spiro atoms. The Balaban J connectivity index is 2.91. The Hall–Kier alpha value is -1.40. The summed E-state index contributed by atoms with van der Waals surface area (Å²) in [6.45, 7) is 7.33. The molecule has 19 heavy (non-hydrogen) atoms. The normalized spacial score (nSPS) is 12.5. The second kappa shape index (κ2) is 7.91. The van der Waals surface area contributed by atoms with E-state index in [2.05, 4.69) is 34.4 Å². The van der Waals surface area contributed by atoms with Crippen molar-refractivity contribution in [2.45, 2.75) is 33.4 Å². The largest absolute Gasteiger partial charge is 0.394 e. The maximum Gasteiger partial charge on any atom is 0.158 e. The molecule has 0 saturated carbocycles. The van der Waals surface area contributed by atoms with Gasteiger partial charge in [-0.1, -0.05) is 13.8 Å². The molecular formula is C13H24N4O2. The molecule has 3 N–H and O–H groups in total. The van der Waals surface area contributed by atoms with Crippen molar-refractivity contribution in [2.75, 3.05) is 30.9 Å². The average Bonchev–Trinajstić information content (AvgIpc) is 2.36. The highest BCUT2D eigenvalue weighted by molar-refractivity contribution is 5.48.